The Bertz CT molecular complexity index is 1420. The van der Waals surface area contributed by atoms with Gasteiger partial charge in [-0.3, -0.25) is 0 Å². The van der Waals surface area contributed by atoms with Crippen LogP contribution in [0.15, 0.2) is 47.6 Å². The minimum Gasteiger partial charge on any atom is -0.456 e. The molecule has 58 heavy (non-hydrogen) atoms. The van der Waals surface area contributed by atoms with Gasteiger partial charge in [0.15, 0.2) is 12.1 Å². The van der Waals surface area contributed by atoms with Crippen LogP contribution in [0.25, 0.3) is 0 Å². The van der Waals surface area contributed by atoms with Crippen LogP contribution in [-0.2, 0) is 38.0 Å². The number of methoxy groups -OCH3 is 1. The van der Waals surface area contributed by atoms with Crippen LogP contribution in [-0.4, -0.2) is 124 Å². The molecule has 3 fully saturated rings. The van der Waals surface area contributed by atoms with Gasteiger partial charge in [0.25, 0.3) is 0 Å². The number of fused-ring (bicyclic) bond motifs is 2. The average Bonchev–Trinajstić information content (AvgIpc) is 3.28. The summed E-state index contributed by atoms with van der Waals surface area (Å²) < 4.78 is 42.7. The molecule has 4 heterocycles. The third-order valence-corrected chi connectivity index (χ3v) is 13.1. The number of rotatable bonds is 11. The molecule has 5 N–H and O–H groups in total. The number of aliphatic hydroxyl groups excluding tert-OH is 4. The molecule has 0 unspecified atom stereocenters. The van der Waals surface area contributed by atoms with Crippen LogP contribution >= 0.6 is 0 Å². The highest BCUT2D eigenvalue weighted by atomic mass is 16.7. The van der Waals surface area contributed by atoms with E-state index in [0.29, 0.717) is 18.4 Å². The van der Waals surface area contributed by atoms with Crippen LogP contribution < -0.4 is 0 Å². The van der Waals surface area contributed by atoms with Crippen LogP contribution in [0, 0.1) is 23.7 Å². The van der Waals surface area contributed by atoms with E-state index in [4.69, 9.17) is 33.2 Å². The summed E-state index contributed by atoms with van der Waals surface area (Å²) >= 11 is 0. The largest absolute Gasteiger partial charge is 0.456 e. The third kappa shape index (κ3) is 12.3. The SMILES string of the molecule is CCCCC[C@@H]1OCO[C@@]2(C)/C=C(C)/C=C/C(=O)O[C@H]([C@@H](C)[C@@H](O)[C@H](C)[C@@]3(O)C[C@@H](O[C@H]4C[C@@H](O)[C@H](O)[C@@H](C)O4)[C@H](C)[C@@H](C)O3)[C@@H](OC)/C=C/C=C(\C)CC[C@H]1[C@@H]2O. The molecule has 4 aliphatic heterocycles. The van der Waals surface area contributed by atoms with Crippen molar-refractivity contribution in [2.75, 3.05) is 13.9 Å². The Balaban J connectivity index is 1.60. The first-order chi connectivity index (χ1) is 27.3. The Morgan fingerprint density at radius 3 is 2.45 bits per heavy atom. The van der Waals surface area contributed by atoms with Crippen molar-refractivity contribution in [3.8, 4) is 0 Å². The molecule has 332 valence electrons. The molecule has 0 spiro atoms. The minimum atomic E-state index is -1.84. The van der Waals surface area contributed by atoms with Gasteiger partial charge < -0.3 is 58.7 Å². The summed E-state index contributed by atoms with van der Waals surface area (Å²) in [7, 11) is 1.51. The van der Waals surface area contributed by atoms with Gasteiger partial charge in [0.2, 0.25) is 0 Å². The highest BCUT2D eigenvalue weighted by Gasteiger charge is 2.52. The molecule has 0 radical (unpaired) electrons. The van der Waals surface area contributed by atoms with Crippen molar-refractivity contribution in [3.05, 3.63) is 47.6 Å². The lowest BCUT2D eigenvalue weighted by atomic mass is 9.77. The van der Waals surface area contributed by atoms with Crippen molar-refractivity contribution >= 4 is 5.97 Å². The topological polar surface area (TPSA) is 183 Å². The molecule has 4 rings (SSSR count). The number of allylic oxidation sites excluding steroid dienone is 5. The molecule has 13 nitrogen and oxygen atoms in total. The van der Waals surface area contributed by atoms with E-state index in [9.17, 15) is 30.3 Å². The number of carbonyl (C=O) groups is 1. The Kier molecular flexibility index (Phi) is 18.2. The Morgan fingerprint density at radius 2 is 1.78 bits per heavy atom. The van der Waals surface area contributed by atoms with Crippen molar-refractivity contribution in [1.82, 2.24) is 0 Å². The van der Waals surface area contributed by atoms with Crippen molar-refractivity contribution in [1.29, 1.82) is 0 Å². The first-order valence-corrected chi connectivity index (χ1v) is 21.5. The highest BCUT2D eigenvalue weighted by molar-refractivity contribution is 5.82. The Labute approximate surface area is 346 Å². The van der Waals surface area contributed by atoms with Gasteiger partial charge in [0.1, 0.15) is 30.7 Å². The quantitative estimate of drug-likeness (QED) is 0.132. The third-order valence-electron chi connectivity index (χ3n) is 13.1. The van der Waals surface area contributed by atoms with E-state index in [1.807, 2.05) is 52.8 Å². The monoisotopic (exact) mass is 823 g/mol. The maximum absolute atomic E-state index is 13.6. The number of cyclic esters (lactones) is 1. The van der Waals surface area contributed by atoms with Gasteiger partial charge in [-0.1, -0.05) is 82.4 Å². The maximum Gasteiger partial charge on any atom is 0.331 e. The van der Waals surface area contributed by atoms with Crippen LogP contribution in [0.1, 0.15) is 114 Å². The van der Waals surface area contributed by atoms with Crippen molar-refractivity contribution < 1.29 is 63.5 Å². The molecule has 13 heteroatoms. The number of hydrogen-bond donors (Lipinski definition) is 5. The van der Waals surface area contributed by atoms with E-state index in [2.05, 4.69) is 6.92 Å². The molecule has 3 saturated heterocycles. The van der Waals surface area contributed by atoms with E-state index >= 15 is 0 Å². The second-order valence-electron chi connectivity index (χ2n) is 17.6. The summed E-state index contributed by atoms with van der Waals surface area (Å²) in [6, 6.07) is 0. The van der Waals surface area contributed by atoms with Crippen LogP contribution in [0.2, 0.25) is 0 Å². The number of carbonyl (C=O) groups excluding carboxylic acids is 1. The molecule has 0 aromatic heterocycles. The van der Waals surface area contributed by atoms with Crippen molar-refractivity contribution in [2.24, 2.45) is 23.7 Å². The summed E-state index contributed by atoms with van der Waals surface area (Å²) in [4.78, 5) is 13.6. The van der Waals surface area contributed by atoms with Gasteiger partial charge in [0.05, 0.1) is 42.7 Å². The lowest BCUT2D eigenvalue weighted by Crippen LogP contribution is -2.59. The summed E-state index contributed by atoms with van der Waals surface area (Å²) in [5.74, 6) is -4.52. The zero-order valence-corrected chi connectivity index (χ0v) is 36.5. The summed E-state index contributed by atoms with van der Waals surface area (Å²) in [6.45, 7) is 16.8. The van der Waals surface area contributed by atoms with Crippen LogP contribution in [0.3, 0.4) is 0 Å². The molecule has 0 aliphatic carbocycles. The summed E-state index contributed by atoms with van der Waals surface area (Å²) in [5.41, 5.74) is 0.679. The summed E-state index contributed by atoms with van der Waals surface area (Å²) in [5, 5.41) is 56.5. The molecular formula is C45H74O13. The number of aliphatic hydroxyl groups is 5. The fraction of sp³-hybridized carbons (Fsp3) is 0.800. The maximum atomic E-state index is 13.6. The van der Waals surface area contributed by atoms with Gasteiger partial charge in [-0.05, 0) is 60.0 Å². The molecule has 0 amide bonds. The van der Waals surface area contributed by atoms with Crippen LogP contribution in [0.4, 0.5) is 0 Å². The first-order valence-electron chi connectivity index (χ1n) is 21.5. The molecular weight excluding hydrogens is 748 g/mol. The summed E-state index contributed by atoms with van der Waals surface area (Å²) in [6.07, 6.45) is 7.25. The number of ether oxygens (including phenoxy) is 7. The van der Waals surface area contributed by atoms with E-state index in [1.54, 1.807) is 32.9 Å². The zero-order valence-electron chi connectivity index (χ0n) is 36.5. The smallest absolute Gasteiger partial charge is 0.331 e. The van der Waals surface area contributed by atoms with E-state index in [0.717, 1.165) is 31.3 Å². The van der Waals surface area contributed by atoms with Gasteiger partial charge in [0, 0.05) is 49.7 Å². The molecule has 0 aromatic rings. The number of hydrogen-bond acceptors (Lipinski definition) is 13. The standard InChI is InChI=1S/C45H74O13/c1-11-12-13-16-35-33-20-18-26(2)15-14-17-36(52-10)42(57-38(47)21-19-27(3)23-44(9,43(33)50)54-25-53-35)29(5)40(48)30(6)45(51)24-37(28(4)31(7)58-45)56-39-22-34(46)41(49)32(8)55-39/h14-15,17,19,21,23,28-37,39-43,46,48-51H,11-13,16,18,20,22,24-25H2,1-10H3/b17-14+,21-19+,26-15+,27-23+/t28-,29+,30+,31-,32-,33-,34-,35+,36+,37-,39+,40-,41-,42-,43+,44+,45-/m1/s1. The second-order valence-corrected chi connectivity index (χ2v) is 17.6. The predicted octanol–water partition coefficient (Wildman–Crippen LogP) is 5.41. The predicted molar refractivity (Wildman–Crippen MR) is 218 cm³/mol. The van der Waals surface area contributed by atoms with Gasteiger partial charge in [-0.25, -0.2) is 4.79 Å². The number of unbranched alkanes of at least 4 members (excludes halogenated alkanes) is 2. The lowest BCUT2D eigenvalue weighted by molar-refractivity contribution is -0.343. The fourth-order valence-electron chi connectivity index (χ4n) is 8.87. The Morgan fingerprint density at radius 1 is 1.05 bits per heavy atom. The van der Waals surface area contributed by atoms with Crippen molar-refractivity contribution in [2.45, 2.75) is 192 Å². The van der Waals surface area contributed by atoms with Gasteiger partial charge in [-0.2, -0.15) is 0 Å². The van der Waals surface area contributed by atoms with E-state index in [-0.39, 0.29) is 37.6 Å². The fourth-order valence-corrected chi connectivity index (χ4v) is 8.87. The molecule has 0 aromatic carbocycles. The van der Waals surface area contributed by atoms with Crippen molar-refractivity contribution in [3.63, 3.8) is 0 Å². The minimum absolute atomic E-state index is 0.00335. The number of esters is 1. The second kappa shape index (κ2) is 21.7. The molecule has 17 atom stereocenters. The first kappa shape index (κ1) is 48.7. The molecule has 4 aliphatic rings. The van der Waals surface area contributed by atoms with E-state index in [1.165, 1.54) is 13.2 Å². The zero-order chi connectivity index (χ0) is 42.9. The van der Waals surface area contributed by atoms with Crippen LogP contribution in [0.5, 0.6) is 0 Å². The Hall–Kier alpha value is -2.01. The molecule has 2 bridgehead atoms. The van der Waals surface area contributed by atoms with E-state index < -0.39 is 90.4 Å². The van der Waals surface area contributed by atoms with Gasteiger partial charge >= 0.3 is 5.97 Å². The molecule has 0 saturated carbocycles. The lowest BCUT2D eigenvalue weighted by Gasteiger charge is -2.49. The average molecular weight is 823 g/mol. The van der Waals surface area contributed by atoms with Gasteiger partial charge in [-0.15, -0.1) is 0 Å². The normalized spacial score (nSPS) is 44.2. The highest BCUT2D eigenvalue weighted by Crippen LogP contribution is 2.42.